The molecule has 8 heteroatoms. The molecule has 1 aromatic heterocycles. The number of aromatic nitrogens is 1. The van der Waals surface area contributed by atoms with Crippen LogP contribution in [-0.4, -0.2) is 12.1 Å². The quantitative estimate of drug-likeness (QED) is 0.742. The smallest absolute Gasteiger partial charge is 0.421 e. The second-order valence-corrected chi connectivity index (χ2v) is 4.35. The van der Waals surface area contributed by atoms with Crippen molar-refractivity contribution in [2.45, 2.75) is 12.4 Å². The fraction of sp³-hybridized carbons (Fsp3) is 0.214. The predicted octanol–water partition coefficient (Wildman–Crippen LogP) is 4.79. The summed E-state index contributed by atoms with van der Waals surface area (Å²) in [6.07, 6.45) is -8.08. The molecule has 1 heterocycles. The van der Waals surface area contributed by atoms with Crippen molar-refractivity contribution in [1.29, 1.82) is 0 Å². The summed E-state index contributed by atoms with van der Waals surface area (Å²) in [5.41, 5.74) is -1.74. The number of rotatable bonds is 2. The minimum Gasteiger partial charge on any atom is -0.481 e. The minimum absolute atomic E-state index is 0.0434. The Balaban J connectivity index is 2.45. The molecular weight excluding hydrogens is 312 g/mol. The van der Waals surface area contributed by atoms with E-state index in [2.05, 4.69) is 9.72 Å². The number of hydrogen-bond acceptors (Lipinski definition) is 2. The highest BCUT2D eigenvalue weighted by Crippen LogP contribution is 2.37. The lowest BCUT2D eigenvalue weighted by Gasteiger charge is -2.13. The fourth-order valence-corrected chi connectivity index (χ4v) is 1.83. The molecule has 0 aliphatic rings. The van der Waals surface area contributed by atoms with E-state index in [4.69, 9.17) is 0 Å². The highest BCUT2D eigenvalue weighted by atomic mass is 19.4. The van der Waals surface area contributed by atoms with Crippen LogP contribution in [0, 0.1) is 0 Å². The van der Waals surface area contributed by atoms with Crippen molar-refractivity contribution >= 4 is 0 Å². The van der Waals surface area contributed by atoms with E-state index in [0.29, 0.717) is 0 Å². The highest BCUT2D eigenvalue weighted by Gasteiger charge is 2.35. The summed E-state index contributed by atoms with van der Waals surface area (Å²) in [7, 11) is 1.05. The molecule has 2 rings (SSSR count). The molecule has 0 atom stereocenters. The van der Waals surface area contributed by atoms with E-state index < -0.39 is 29.4 Å². The molecule has 0 bridgehead atoms. The van der Waals surface area contributed by atoms with Gasteiger partial charge in [0.25, 0.3) is 0 Å². The molecule has 0 aliphatic heterocycles. The van der Waals surface area contributed by atoms with Gasteiger partial charge in [-0.25, -0.2) is 4.98 Å². The summed E-state index contributed by atoms with van der Waals surface area (Å²) < 4.78 is 80.6. The summed E-state index contributed by atoms with van der Waals surface area (Å²) in [6.45, 7) is 0. The second-order valence-electron chi connectivity index (χ2n) is 4.35. The zero-order valence-electron chi connectivity index (χ0n) is 11.1. The van der Waals surface area contributed by atoms with Crippen molar-refractivity contribution < 1.29 is 31.1 Å². The van der Waals surface area contributed by atoms with Crippen molar-refractivity contribution in [2.75, 3.05) is 7.11 Å². The van der Waals surface area contributed by atoms with Crippen LogP contribution in [0.25, 0.3) is 11.1 Å². The van der Waals surface area contributed by atoms with Gasteiger partial charge < -0.3 is 4.74 Å². The molecular formula is C14H9F6NO. The van der Waals surface area contributed by atoms with Crippen LogP contribution in [0.3, 0.4) is 0 Å². The zero-order chi connectivity index (χ0) is 16.5. The van der Waals surface area contributed by atoms with Crippen LogP contribution in [-0.2, 0) is 12.4 Å². The van der Waals surface area contributed by atoms with Gasteiger partial charge in [-0.3, -0.25) is 0 Å². The van der Waals surface area contributed by atoms with Gasteiger partial charge in [-0.05, 0) is 23.8 Å². The van der Waals surface area contributed by atoms with Gasteiger partial charge in [-0.1, -0.05) is 12.1 Å². The first kappa shape index (κ1) is 16.1. The largest absolute Gasteiger partial charge is 0.481 e. The first-order valence-electron chi connectivity index (χ1n) is 5.92. The van der Waals surface area contributed by atoms with Gasteiger partial charge in [-0.15, -0.1) is 0 Å². The van der Waals surface area contributed by atoms with E-state index in [0.717, 1.165) is 43.6 Å². The van der Waals surface area contributed by atoms with Gasteiger partial charge >= 0.3 is 12.4 Å². The monoisotopic (exact) mass is 321 g/mol. The summed E-state index contributed by atoms with van der Waals surface area (Å²) in [6, 6.07) is 4.56. The van der Waals surface area contributed by atoms with E-state index in [9.17, 15) is 26.3 Å². The van der Waals surface area contributed by atoms with E-state index in [-0.39, 0.29) is 11.1 Å². The number of hydrogen-bond donors (Lipinski definition) is 0. The number of halogens is 6. The Morgan fingerprint density at radius 1 is 0.864 bits per heavy atom. The molecule has 118 valence electrons. The molecule has 22 heavy (non-hydrogen) atoms. The lowest BCUT2D eigenvalue weighted by atomic mass is 10.0. The second kappa shape index (κ2) is 5.51. The Labute approximate surface area is 121 Å². The van der Waals surface area contributed by atoms with Gasteiger partial charge in [0.15, 0.2) is 0 Å². The lowest BCUT2D eigenvalue weighted by Crippen LogP contribution is -2.09. The number of benzene rings is 1. The highest BCUT2D eigenvalue weighted by molar-refractivity contribution is 5.64. The predicted molar refractivity (Wildman–Crippen MR) is 66.2 cm³/mol. The number of nitrogens with zero attached hydrogens (tertiary/aromatic N) is 1. The first-order chi connectivity index (χ1) is 10.1. The average Bonchev–Trinajstić information content (AvgIpc) is 2.45. The minimum atomic E-state index is -4.68. The molecule has 0 N–H and O–H groups in total. The Morgan fingerprint density at radius 3 is 1.91 bits per heavy atom. The SMILES string of the molecule is COc1ncc(-c2ccc(C(F)(F)F)cc2)cc1C(F)(F)F. The van der Waals surface area contributed by atoms with Crippen molar-refractivity contribution in [1.82, 2.24) is 4.98 Å². The molecule has 0 spiro atoms. The van der Waals surface area contributed by atoms with E-state index >= 15 is 0 Å². The van der Waals surface area contributed by atoms with Gasteiger partial charge in [-0.2, -0.15) is 26.3 Å². The van der Waals surface area contributed by atoms with Crippen LogP contribution in [0.1, 0.15) is 11.1 Å². The summed E-state index contributed by atoms with van der Waals surface area (Å²) in [5, 5.41) is 0. The molecule has 0 amide bonds. The van der Waals surface area contributed by atoms with Gasteiger partial charge in [0.05, 0.1) is 12.7 Å². The maximum Gasteiger partial charge on any atom is 0.421 e. The number of ether oxygens (including phenoxy) is 1. The average molecular weight is 321 g/mol. The van der Waals surface area contributed by atoms with Crippen molar-refractivity contribution in [2.24, 2.45) is 0 Å². The van der Waals surface area contributed by atoms with Crippen LogP contribution in [0.4, 0.5) is 26.3 Å². The Bertz CT molecular complexity index is 661. The summed E-state index contributed by atoms with van der Waals surface area (Å²) >= 11 is 0. The normalized spacial score (nSPS) is 12.3. The molecule has 0 saturated heterocycles. The molecule has 0 radical (unpaired) electrons. The van der Waals surface area contributed by atoms with Crippen LogP contribution < -0.4 is 4.74 Å². The van der Waals surface area contributed by atoms with Crippen molar-refractivity contribution in [3.05, 3.63) is 47.7 Å². The third-order valence-electron chi connectivity index (χ3n) is 2.90. The van der Waals surface area contributed by atoms with Gasteiger partial charge in [0.2, 0.25) is 5.88 Å². The number of pyridine rings is 1. The Morgan fingerprint density at radius 2 is 1.45 bits per heavy atom. The van der Waals surface area contributed by atoms with Crippen LogP contribution in [0.2, 0.25) is 0 Å². The maximum atomic E-state index is 12.9. The Kier molecular flexibility index (Phi) is 4.04. The topological polar surface area (TPSA) is 22.1 Å². The third-order valence-corrected chi connectivity index (χ3v) is 2.90. The third kappa shape index (κ3) is 3.32. The summed E-state index contributed by atoms with van der Waals surface area (Å²) in [4.78, 5) is 3.55. The van der Waals surface area contributed by atoms with Gasteiger partial charge in [0.1, 0.15) is 5.56 Å². The van der Waals surface area contributed by atoms with Crippen molar-refractivity contribution in [3.8, 4) is 17.0 Å². The first-order valence-corrected chi connectivity index (χ1v) is 5.92. The zero-order valence-corrected chi connectivity index (χ0v) is 11.1. The van der Waals surface area contributed by atoms with Crippen molar-refractivity contribution in [3.63, 3.8) is 0 Å². The molecule has 0 aliphatic carbocycles. The maximum absolute atomic E-state index is 12.9. The summed E-state index contributed by atoms with van der Waals surface area (Å²) in [5.74, 6) is -0.594. The lowest BCUT2D eigenvalue weighted by molar-refractivity contribution is -0.139. The van der Waals surface area contributed by atoms with Crippen LogP contribution in [0.15, 0.2) is 36.5 Å². The molecule has 0 saturated carbocycles. The molecule has 0 unspecified atom stereocenters. The number of methoxy groups -OCH3 is 1. The molecule has 1 aromatic carbocycles. The van der Waals surface area contributed by atoms with Crippen LogP contribution >= 0.6 is 0 Å². The molecule has 2 aromatic rings. The molecule has 2 nitrogen and oxygen atoms in total. The van der Waals surface area contributed by atoms with E-state index in [1.54, 1.807) is 0 Å². The fourth-order valence-electron chi connectivity index (χ4n) is 1.83. The van der Waals surface area contributed by atoms with Gasteiger partial charge in [0, 0.05) is 11.8 Å². The van der Waals surface area contributed by atoms with Crippen LogP contribution in [0.5, 0.6) is 5.88 Å². The standard InChI is InChI=1S/C14H9F6NO/c1-22-12-11(14(18,19)20)6-9(7-21-12)8-2-4-10(5-3-8)13(15,16)17/h2-7H,1H3. The molecule has 0 fully saturated rings. The van der Waals surface area contributed by atoms with E-state index in [1.807, 2.05) is 0 Å². The van der Waals surface area contributed by atoms with E-state index in [1.165, 1.54) is 0 Å². The number of alkyl halides is 6. The Hall–Kier alpha value is -2.25.